The lowest BCUT2D eigenvalue weighted by molar-refractivity contribution is 0.0527. The fourth-order valence-electron chi connectivity index (χ4n) is 2.50. The van der Waals surface area contributed by atoms with Crippen LogP contribution >= 0.6 is 0 Å². The molecule has 2 rings (SSSR count). The molecule has 0 radical (unpaired) electrons. The number of aryl methyl sites for hydroxylation is 2. The largest absolute Gasteiger partial charge is 0.444 e. The van der Waals surface area contributed by atoms with E-state index in [9.17, 15) is 9.59 Å². The first-order chi connectivity index (χ1) is 11.7. The molecule has 0 aliphatic heterocycles. The molecule has 3 N–H and O–H groups in total. The molecule has 0 atom stereocenters. The molecule has 1 aromatic heterocycles. The lowest BCUT2D eigenvalue weighted by Crippen LogP contribution is -2.34. The van der Waals surface area contributed by atoms with E-state index in [1.54, 1.807) is 0 Å². The molecule has 0 unspecified atom stereocenters. The van der Waals surface area contributed by atoms with E-state index in [0.717, 1.165) is 22.2 Å². The monoisotopic (exact) mass is 345 g/mol. The van der Waals surface area contributed by atoms with E-state index in [2.05, 4.69) is 15.6 Å². The highest BCUT2D eigenvalue weighted by Gasteiger charge is 2.15. The first-order valence-corrected chi connectivity index (χ1v) is 8.51. The van der Waals surface area contributed by atoms with Crippen LogP contribution in [0.4, 0.5) is 4.79 Å². The lowest BCUT2D eigenvalue weighted by atomic mass is 10.1. The maximum absolute atomic E-state index is 12.3. The molecule has 6 heteroatoms. The number of amides is 2. The highest BCUT2D eigenvalue weighted by molar-refractivity contribution is 5.99. The molecule has 2 amide bonds. The number of aromatic amines is 1. The highest BCUT2D eigenvalue weighted by atomic mass is 16.6. The van der Waals surface area contributed by atoms with Gasteiger partial charge < -0.3 is 20.4 Å². The van der Waals surface area contributed by atoms with Crippen LogP contribution in [0.25, 0.3) is 10.9 Å². The van der Waals surface area contributed by atoms with Gasteiger partial charge in [-0.25, -0.2) is 4.79 Å². The minimum atomic E-state index is -0.508. The predicted octanol–water partition coefficient (Wildman–Crippen LogP) is 3.43. The fraction of sp³-hybridized carbons (Fsp3) is 0.474. The molecule has 0 spiro atoms. The zero-order valence-electron chi connectivity index (χ0n) is 15.6. The van der Waals surface area contributed by atoms with Gasteiger partial charge in [-0.2, -0.15) is 0 Å². The minimum absolute atomic E-state index is 0.113. The third-order valence-corrected chi connectivity index (χ3v) is 3.88. The summed E-state index contributed by atoms with van der Waals surface area (Å²) in [5, 5.41) is 6.61. The van der Waals surface area contributed by atoms with Crippen molar-refractivity contribution in [3.63, 3.8) is 0 Å². The predicted molar refractivity (Wildman–Crippen MR) is 99.0 cm³/mol. The number of fused-ring (bicyclic) bond motifs is 1. The second kappa shape index (κ2) is 7.59. The van der Waals surface area contributed by atoms with Gasteiger partial charge in [0.15, 0.2) is 0 Å². The molecule has 0 bridgehead atoms. The second-order valence-electron chi connectivity index (χ2n) is 7.17. The summed E-state index contributed by atoms with van der Waals surface area (Å²) in [5.74, 6) is -0.113. The van der Waals surface area contributed by atoms with Gasteiger partial charge in [-0.3, -0.25) is 4.79 Å². The van der Waals surface area contributed by atoms with Crippen molar-refractivity contribution < 1.29 is 14.3 Å². The second-order valence-corrected chi connectivity index (χ2v) is 7.17. The van der Waals surface area contributed by atoms with E-state index in [-0.39, 0.29) is 5.91 Å². The Labute approximate surface area is 148 Å². The zero-order chi connectivity index (χ0) is 18.6. The third kappa shape index (κ3) is 5.24. The van der Waals surface area contributed by atoms with E-state index in [1.165, 1.54) is 0 Å². The maximum atomic E-state index is 12.3. The van der Waals surface area contributed by atoms with Crippen LogP contribution in [0.2, 0.25) is 0 Å². The number of rotatable bonds is 5. The minimum Gasteiger partial charge on any atom is -0.444 e. The first kappa shape index (κ1) is 18.8. The molecule has 2 aromatic rings. The molecule has 0 saturated heterocycles. The summed E-state index contributed by atoms with van der Waals surface area (Å²) in [5.41, 5.74) is 3.43. The van der Waals surface area contributed by atoms with E-state index < -0.39 is 11.7 Å². The molecular weight excluding hydrogens is 318 g/mol. The van der Waals surface area contributed by atoms with Crippen LogP contribution < -0.4 is 10.6 Å². The Kier molecular flexibility index (Phi) is 5.72. The number of hydrogen-bond donors (Lipinski definition) is 3. The van der Waals surface area contributed by atoms with Gasteiger partial charge in [-0.15, -0.1) is 0 Å². The van der Waals surface area contributed by atoms with Gasteiger partial charge in [0.2, 0.25) is 0 Å². The quantitative estimate of drug-likeness (QED) is 0.726. The number of ether oxygens (including phenoxy) is 1. The van der Waals surface area contributed by atoms with Crippen molar-refractivity contribution in [1.82, 2.24) is 15.6 Å². The van der Waals surface area contributed by atoms with Crippen molar-refractivity contribution in [3.05, 3.63) is 35.0 Å². The number of H-pyrrole nitrogens is 1. The highest BCUT2D eigenvalue weighted by Crippen LogP contribution is 2.22. The van der Waals surface area contributed by atoms with Gasteiger partial charge in [0.1, 0.15) is 5.60 Å². The summed E-state index contributed by atoms with van der Waals surface area (Å²) in [6.07, 6.45) is 0.192. The first-order valence-electron chi connectivity index (χ1n) is 8.51. The fourth-order valence-corrected chi connectivity index (χ4v) is 2.50. The van der Waals surface area contributed by atoms with Crippen molar-refractivity contribution in [2.24, 2.45) is 0 Å². The van der Waals surface area contributed by atoms with E-state index in [0.29, 0.717) is 25.1 Å². The van der Waals surface area contributed by atoms with Crippen LogP contribution in [0.5, 0.6) is 0 Å². The standard InChI is InChI=1S/C19H27N3O3/c1-12-13(2)22-16-8-7-14(11-15(12)16)17(23)20-9-6-10-21-18(24)25-19(3,4)5/h7-8,11,22H,6,9-10H2,1-5H3,(H,20,23)(H,21,24). The Balaban J connectivity index is 1.79. The molecule has 6 nitrogen and oxygen atoms in total. The Bertz CT molecular complexity index is 772. The average molecular weight is 345 g/mol. The van der Waals surface area contributed by atoms with Crippen LogP contribution in [0.1, 0.15) is 48.8 Å². The summed E-state index contributed by atoms with van der Waals surface area (Å²) >= 11 is 0. The SMILES string of the molecule is Cc1[nH]c2ccc(C(=O)NCCCNC(=O)OC(C)(C)C)cc2c1C. The van der Waals surface area contributed by atoms with Crippen LogP contribution in [0.3, 0.4) is 0 Å². The molecular formula is C19H27N3O3. The topological polar surface area (TPSA) is 83.2 Å². The van der Waals surface area contributed by atoms with Gasteiger partial charge in [-0.1, -0.05) is 0 Å². The number of benzene rings is 1. The van der Waals surface area contributed by atoms with Gasteiger partial charge in [0.25, 0.3) is 5.91 Å². The molecule has 1 heterocycles. The molecule has 0 aliphatic carbocycles. The normalized spacial score (nSPS) is 11.4. The van der Waals surface area contributed by atoms with Crippen molar-refractivity contribution in [1.29, 1.82) is 0 Å². The maximum Gasteiger partial charge on any atom is 0.407 e. The van der Waals surface area contributed by atoms with Crippen LogP contribution in [0, 0.1) is 13.8 Å². The third-order valence-electron chi connectivity index (χ3n) is 3.88. The average Bonchev–Trinajstić information content (AvgIpc) is 2.79. The van der Waals surface area contributed by atoms with Crippen LogP contribution in [-0.2, 0) is 4.74 Å². The summed E-state index contributed by atoms with van der Waals surface area (Å²) in [6.45, 7) is 10.4. The molecule has 136 valence electrons. The van der Waals surface area contributed by atoms with Crippen molar-refractivity contribution in [2.45, 2.75) is 46.6 Å². The van der Waals surface area contributed by atoms with Crippen molar-refractivity contribution in [3.8, 4) is 0 Å². The molecule has 0 fully saturated rings. The Morgan fingerprint density at radius 2 is 1.80 bits per heavy atom. The Morgan fingerprint density at radius 1 is 1.12 bits per heavy atom. The number of carbonyl (C=O) groups excluding carboxylic acids is 2. The van der Waals surface area contributed by atoms with E-state index in [1.807, 2.05) is 52.8 Å². The summed E-state index contributed by atoms with van der Waals surface area (Å²) in [7, 11) is 0. The zero-order valence-corrected chi connectivity index (χ0v) is 15.6. The van der Waals surface area contributed by atoms with Gasteiger partial charge >= 0.3 is 6.09 Å². The summed E-state index contributed by atoms with van der Waals surface area (Å²) < 4.78 is 5.15. The van der Waals surface area contributed by atoms with Gasteiger partial charge in [-0.05, 0) is 64.8 Å². The summed E-state index contributed by atoms with van der Waals surface area (Å²) in [6, 6.07) is 5.64. The van der Waals surface area contributed by atoms with Gasteiger partial charge in [0, 0.05) is 35.2 Å². The Hall–Kier alpha value is -2.50. The van der Waals surface area contributed by atoms with E-state index >= 15 is 0 Å². The van der Waals surface area contributed by atoms with Crippen LogP contribution in [-0.4, -0.2) is 35.7 Å². The number of carbonyl (C=O) groups is 2. The van der Waals surface area contributed by atoms with Crippen molar-refractivity contribution in [2.75, 3.05) is 13.1 Å². The van der Waals surface area contributed by atoms with Crippen molar-refractivity contribution >= 4 is 22.9 Å². The Morgan fingerprint density at radius 3 is 2.48 bits per heavy atom. The number of nitrogens with one attached hydrogen (secondary N) is 3. The van der Waals surface area contributed by atoms with Crippen LogP contribution in [0.15, 0.2) is 18.2 Å². The molecule has 0 saturated carbocycles. The molecule has 0 aliphatic rings. The van der Waals surface area contributed by atoms with E-state index in [4.69, 9.17) is 4.74 Å². The van der Waals surface area contributed by atoms with Gasteiger partial charge in [0.05, 0.1) is 0 Å². The number of hydrogen-bond acceptors (Lipinski definition) is 3. The smallest absolute Gasteiger partial charge is 0.407 e. The number of alkyl carbamates (subject to hydrolysis) is 1. The molecule has 25 heavy (non-hydrogen) atoms. The number of aromatic nitrogens is 1. The summed E-state index contributed by atoms with van der Waals surface area (Å²) in [4.78, 5) is 27.1. The molecule has 1 aromatic carbocycles. The lowest BCUT2D eigenvalue weighted by Gasteiger charge is -2.19.